The minimum Gasteiger partial charge on any atom is -0.332 e. The fourth-order valence-corrected chi connectivity index (χ4v) is 2.83. The highest BCUT2D eigenvalue weighted by Crippen LogP contribution is 2.24. The molecule has 4 rings (SSSR count). The first-order valence-corrected chi connectivity index (χ1v) is 8.18. The van der Waals surface area contributed by atoms with E-state index in [1.165, 1.54) is 0 Å². The van der Waals surface area contributed by atoms with Crippen LogP contribution in [0.1, 0.15) is 25.6 Å². The second-order valence-electron chi connectivity index (χ2n) is 6.18. The van der Waals surface area contributed by atoms with Crippen molar-refractivity contribution in [2.75, 3.05) is 0 Å². The van der Waals surface area contributed by atoms with Crippen LogP contribution in [0.5, 0.6) is 0 Å². The van der Waals surface area contributed by atoms with Crippen molar-refractivity contribution in [3.05, 3.63) is 52.8 Å². The molecule has 0 aliphatic heterocycles. The van der Waals surface area contributed by atoms with Crippen LogP contribution in [0.2, 0.25) is 0 Å². The van der Waals surface area contributed by atoms with E-state index >= 15 is 0 Å². The van der Waals surface area contributed by atoms with Gasteiger partial charge in [0.2, 0.25) is 5.82 Å². The Morgan fingerprint density at radius 3 is 2.73 bits per heavy atom. The Morgan fingerprint density at radius 2 is 2.00 bits per heavy atom. The molecule has 3 heterocycles. The van der Waals surface area contributed by atoms with Crippen LogP contribution in [0.4, 0.5) is 0 Å². The quantitative estimate of drug-likeness (QED) is 0.561. The van der Waals surface area contributed by atoms with Crippen LogP contribution in [-0.4, -0.2) is 29.7 Å². The predicted molar refractivity (Wildman–Crippen MR) is 95.4 cm³/mol. The number of hydrogen-bond donors (Lipinski definition) is 0. The fraction of sp³-hybridized carbons (Fsp3) is 0.222. The third-order valence-electron chi connectivity index (χ3n) is 4.03. The standard InChI is InChI=1S/C18H16N6O2/c1-10(2)24-15-5-4-12(8-13(15)21-11(3)18(24)25)16-22-17(26-23-16)14-9-19-6-7-20-14/h4-10H,1-3H3. The van der Waals surface area contributed by atoms with E-state index in [-0.39, 0.29) is 11.6 Å². The molecular formula is C18H16N6O2. The number of aromatic nitrogens is 6. The van der Waals surface area contributed by atoms with Crippen LogP contribution in [0.3, 0.4) is 0 Å². The zero-order valence-electron chi connectivity index (χ0n) is 14.5. The number of fused-ring (bicyclic) bond motifs is 1. The largest absolute Gasteiger partial charge is 0.332 e. The van der Waals surface area contributed by atoms with Crippen LogP contribution < -0.4 is 5.56 Å². The van der Waals surface area contributed by atoms with Crippen molar-refractivity contribution in [1.82, 2.24) is 29.7 Å². The van der Waals surface area contributed by atoms with E-state index in [1.54, 1.807) is 30.1 Å². The predicted octanol–water partition coefficient (Wildman–Crippen LogP) is 2.79. The molecule has 0 unspecified atom stereocenters. The first-order valence-electron chi connectivity index (χ1n) is 8.18. The summed E-state index contributed by atoms with van der Waals surface area (Å²) in [6, 6.07) is 5.59. The lowest BCUT2D eigenvalue weighted by atomic mass is 10.1. The van der Waals surface area contributed by atoms with Crippen LogP contribution in [0.15, 0.2) is 46.1 Å². The monoisotopic (exact) mass is 348 g/mol. The van der Waals surface area contributed by atoms with E-state index in [0.29, 0.717) is 28.6 Å². The zero-order valence-corrected chi connectivity index (χ0v) is 14.5. The molecule has 8 nitrogen and oxygen atoms in total. The van der Waals surface area contributed by atoms with Gasteiger partial charge in [0.15, 0.2) is 0 Å². The molecule has 0 amide bonds. The summed E-state index contributed by atoms with van der Waals surface area (Å²) in [5.41, 5.74) is 3.12. The number of hydrogen-bond acceptors (Lipinski definition) is 7. The molecule has 0 fully saturated rings. The molecule has 8 heteroatoms. The minimum absolute atomic E-state index is 0.0333. The average molecular weight is 348 g/mol. The van der Waals surface area contributed by atoms with Gasteiger partial charge in [0.1, 0.15) is 11.4 Å². The van der Waals surface area contributed by atoms with Crippen molar-refractivity contribution in [2.45, 2.75) is 26.8 Å². The molecular weight excluding hydrogens is 332 g/mol. The van der Waals surface area contributed by atoms with Gasteiger partial charge in [0.05, 0.1) is 17.2 Å². The summed E-state index contributed by atoms with van der Waals surface area (Å²) in [6.07, 6.45) is 4.70. The van der Waals surface area contributed by atoms with Crippen molar-refractivity contribution in [2.24, 2.45) is 0 Å². The summed E-state index contributed by atoms with van der Waals surface area (Å²) in [7, 11) is 0. The summed E-state index contributed by atoms with van der Waals surface area (Å²) >= 11 is 0. The van der Waals surface area contributed by atoms with E-state index in [9.17, 15) is 4.79 Å². The smallest absolute Gasteiger partial charge is 0.278 e. The van der Waals surface area contributed by atoms with Crippen LogP contribution in [-0.2, 0) is 0 Å². The van der Waals surface area contributed by atoms with Crippen molar-refractivity contribution < 1.29 is 4.52 Å². The van der Waals surface area contributed by atoms with E-state index in [1.807, 2.05) is 32.0 Å². The van der Waals surface area contributed by atoms with Crippen LogP contribution in [0, 0.1) is 6.92 Å². The molecule has 4 aromatic rings. The molecule has 0 atom stereocenters. The summed E-state index contributed by atoms with van der Waals surface area (Å²) in [5.74, 6) is 0.721. The van der Waals surface area contributed by atoms with E-state index in [0.717, 1.165) is 11.1 Å². The number of aryl methyl sites for hydroxylation is 1. The first kappa shape index (κ1) is 16.1. The topological polar surface area (TPSA) is 99.6 Å². The highest BCUT2D eigenvalue weighted by atomic mass is 16.5. The molecule has 130 valence electrons. The van der Waals surface area contributed by atoms with Crippen LogP contribution >= 0.6 is 0 Å². The molecule has 3 aromatic heterocycles. The molecule has 0 spiro atoms. The SMILES string of the molecule is Cc1nc2cc(-c3noc(-c4cnccn4)n3)ccc2n(C(C)C)c1=O. The Morgan fingerprint density at radius 1 is 1.15 bits per heavy atom. The Labute approximate surface area is 148 Å². The lowest BCUT2D eigenvalue weighted by molar-refractivity contribution is 0.431. The van der Waals surface area contributed by atoms with Gasteiger partial charge >= 0.3 is 0 Å². The van der Waals surface area contributed by atoms with E-state index in [4.69, 9.17) is 4.52 Å². The molecule has 1 aromatic carbocycles. The van der Waals surface area contributed by atoms with Gasteiger partial charge in [-0.25, -0.2) is 9.97 Å². The maximum absolute atomic E-state index is 12.4. The Kier molecular flexibility index (Phi) is 3.80. The van der Waals surface area contributed by atoms with Gasteiger partial charge in [0.25, 0.3) is 11.4 Å². The second-order valence-corrected chi connectivity index (χ2v) is 6.18. The van der Waals surface area contributed by atoms with Gasteiger partial charge in [-0.15, -0.1) is 0 Å². The van der Waals surface area contributed by atoms with Gasteiger partial charge in [-0.05, 0) is 39.0 Å². The Hall–Kier alpha value is -3.42. The molecule has 0 saturated carbocycles. The maximum Gasteiger partial charge on any atom is 0.278 e. The first-order chi connectivity index (χ1) is 12.5. The maximum atomic E-state index is 12.4. The molecule has 0 saturated heterocycles. The summed E-state index contributed by atoms with van der Waals surface area (Å²) < 4.78 is 7.02. The molecule has 0 aliphatic carbocycles. The minimum atomic E-state index is -0.0789. The van der Waals surface area contributed by atoms with E-state index in [2.05, 4.69) is 25.1 Å². The highest BCUT2D eigenvalue weighted by Gasteiger charge is 2.15. The normalized spacial score (nSPS) is 11.4. The van der Waals surface area contributed by atoms with Crippen molar-refractivity contribution in [3.8, 4) is 23.0 Å². The number of rotatable bonds is 3. The molecule has 0 N–H and O–H groups in total. The summed E-state index contributed by atoms with van der Waals surface area (Å²) in [5, 5.41) is 4.02. The van der Waals surface area contributed by atoms with Crippen LogP contribution in [0.25, 0.3) is 34.0 Å². The molecule has 0 aliphatic rings. The van der Waals surface area contributed by atoms with Gasteiger partial charge in [-0.3, -0.25) is 9.78 Å². The summed E-state index contributed by atoms with van der Waals surface area (Å²) in [4.78, 5) is 29.3. The number of benzene rings is 1. The second kappa shape index (κ2) is 6.14. The van der Waals surface area contributed by atoms with E-state index < -0.39 is 0 Å². The third kappa shape index (κ3) is 2.65. The summed E-state index contributed by atoms with van der Waals surface area (Å²) in [6.45, 7) is 5.66. The zero-order chi connectivity index (χ0) is 18.3. The molecule has 0 radical (unpaired) electrons. The average Bonchev–Trinajstić information content (AvgIpc) is 3.13. The Bertz CT molecular complexity index is 1150. The fourth-order valence-electron chi connectivity index (χ4n) is 2.83. The lowest BCUT2D eigenvalue weighted by Crippen LogP contribution is -2.25. The van der Waals surface area contributed by atoms with Gasteiger partial charge in [-0.2, -0.15) is 4.98 Å². The van der Waals surface area contributed by atoms with Gasteiger partial charge in [-0.1, -0.05) is 5.16 Å². The lowest BCUT2D eigenvalue weighted by Gasteiger charge is -2.14. The molecule has 0 bridgehead atoms. The van der Waals surface area contributed by atoms with Gasteiger partial charge in [0, 0.05) is 24.0 Å². The number of nitrogens with zero attached hydrogens (tertiary/aromatic N) is 6. The third-order valence-corrected chi connectivity index (χ3v) is 4.03. The molecule has 26 heavy (non-hydrogen) atoms. The highest BCUT2D eigenvalue weighted by molar-refractivity contribution is 5.80. The Balaban J connectivity index is 1.83. The van der Waals surface area contributed by atoms with Crippen molar-refractivity contribution in [1.29, 1.82) is 0 Å². The van der Waals surface area contributed by atoms with Gasteiger partial charge < -0.3 is 9.09 Å². The van der Waals surface area contributed by atoms with Crippen molar-refractivity contribution in [3.63, 3.8) is 0 Å². The van der Waals surface area contributed by atoms with Crippen molar-refractivity contribution >= 4 is 11.0 Å².